The maximum absolute atomic E-state index is 12.1. The predicted molar refractivity (Wildman–Crippen MR) is 101 cm³/mol. The van der Waals surface area contributed by atoms with Crippen LogP contribution in [0.1, 0.15) is 0 Å². The number of fused-ring (bicyclic) bond motifs is 1. The first-order valence-electron chi connectivity index (χ1n) is 7.90. The van der Waals surface area contributed by atoms with Gasteiger partial charge in [0.05, 0.1) is 16.1 Å². The number of aromatic nitrogens is 2. The Labute approximate surface area is 165 Å². The van der Waals surface area contributed by atoms with Gasteiger partial charge in [0.25, 0.3) is 0 Å². The number of thioether (sulfide) groups is 1. The van der Waals surface area contributed by atoms with Crippen molar-refractivity contribution in [1.29, 1.82) is 0 Å². The fourth-order valence-corrected chi connectivity index (χ4v) is 3.67. The highest BCUT2D eigenvalue weighted by molar-refractivity contribution is 8.00. The van der Waals surface area contributed by atoms with Crippen molar-refractivity contribution in [2.75, 3.05) is 12.3 Å². The van der Waals surface area contributed by atoms with E-state index < -0.39 is 24.7 Å². The normalized spacial score (nSPS) is 11.4. The highest BCUT2D eigenvalue weighted by Crippen LogP contribution is 2.29. The second-order valence-electron chi connectivity index (χ2n) is 5.48. The standard InChI is InChI=1S/C17H13F3N4O2S2/c18-17(19,20)9-21-16(26)23-13(25)8-28-15-10-4-1-2-5-11(10)22-14(24-15)12-6-3-7-27-12/h1-7H,8-9H2,(H2,21,23,25,26). The summed E-state index contributed by atoms with van der Waals surface area (Å²) < 4.78 is 36.2. The molecule has 2 N–H and O–H groups in total. The number of urea groups is 1. The van der Waals surface area contributed by atoms with Crippen molar-refractivity contribution >= 4 is 45.9 Å². The molecule has 2 aromatic heterocycles. The van der Waals surface area contributed by atoms with Gasteiger partial charge in [-0.15, -0.1) is 11.3 Å². The van der Waals surface area contributed by atoms with Crippen LogP contribution in [0.25, 0.3) is 21.6 Å². The fourth-order valence-electron chi connectivity index (χ4n) is 2.19. The lowest BCUT2D eigenvalue weighted by molar-refractivity contribution is -0.124. The number of hydrogen-bond acceptors (Lipinski definition) is 6. The molecule has 0 radical (unpaired) electrons. The van der Waals surface area contributed by atoms with Crippen LogP contribution in [-0.2, 0) is 4.79 Å². The molecule has 0 saturated heterocycles. The quantitative estimate of drug-likeness (QED) is 0.478. The van der Waals surface area contributed by atoms with Gasteiger partial charge >= 0.3 is 12.2 Å². The van der Waals surface area contributed by atoms with E-state index in [-0.39, 0.29) is 5.75 Å². The van der Waals surface area contributed by atoms with Gasteiger partial charge in [-0.1, -0.05) is 36.0 Å². The first-order valence-corrected chi connectivity index (χ1v) is 9.76. The third-order valence-electron chi connectivity index (χ3n) is 3.35. The molecule has 0 bridgehead atoms. The van der Waals surface area contributed by atoms with Crippen LogP contribution in [0.15, 0.2) is 46.8 Å². The Kier molecular flexibility index (Phi) is 6.15. The molecule has 2 heterocycles. The number of benzene rings is 1. The molecule has 11 heteroatoms. The number of rotatable bonds is 5. The molecule has 3 aromatic rings. The summed E-state index contributed by atoms with van der Waals surface area (Å²) in [6, 6.07) is 9.83. The number of hydrogen-bond donors (Lipinski definition) is 2. The van der Waals surface area contributed by atoms with Gasteiger partial charge in [-0.05, 0) is 17.5 Å². The molecule has 1 aromatic carbocycles. The Morgan fingerprint density at radius 3 is 2.61 bits per heavy atom. The number of nitrogens with zero attached hydrogens (tertiary/aromatic N) is 2. The van der Waals surface area contributed by atoms with Crippen molar-refractivity contribution in [2.45, 2.75) is 11.2 Å². The molecule has 0 aliphatic carbocycles. The van der Waals surface area contributed by atoms with Crippen molar-refractivity contribution in [3.05, 3.63) is 41.8 Å². The summed E-state index contributed by atoms with van der Waals surface area (Å²) in [7, 11) is 0. The van der Waals surface area contributed by atoms with Crippen LogP contribution in [0, 0.1) is 0 Å². The Morgan fingerprint density at radius 1 is 1.11 bits per heavy atom. The van der Waals surface area contributed by atoms with Gasteiger partial charge in [-0.25, -0.2) is 14.8 Å². The lowest BCUT2D eigenvalue weighted by Gasteiger charge is -2.10. The minimum Gasteiger partial charge on any atom is -0.329 e. The SMILES string of the molecule is O=C(CSc1nc(-c2cccs2)nc2ccccc12)NC(=O)NCC(F)(F)F. The van der Waals surface area contributed by atoms with E-state index in [1.54, 1.807) is 5.32 Å². The van der Waals surface area contributed by atoms with Crippen molar-refractivity contribution in [3.63, 3.8) is 0 Å². The summed E-state index contributed by atoms with van der Waals surface area (Å²) in [6.07, 6.45) is -4.55. The zero-order valence-electron chi connectivity index (χ0n) is 14.1. The van der Waals surface area contributed by atoms with E-state index in [0.29, 0.717) is 16.4 Å². The molecule has 3 amide bonds. The van der Waals surface area contributed by atoms with Crippen LogP contribution in [0.2, 0.25) is 0 Å². The van der Waals surface area contributed by atoms with Gasteiger partial charge in [-0.3, -0.25) is 10.1 Å². The van der Waals surface area contributed by atoms with Crippen molar-refractivity contribution < 1.29 is 22.8 Å². The smallest absolute Gasteiger partial charge is 0.329 e. The van der Waals surface area contributed by atoms with Gasteiger partial charge in [-0.2, -0.15) is 13.2 Å². The molecular formula is C17H13F3N4O2S2. The monoisotopic (exact) mass is 426 g/mol. The van der Waals surface area contributed by atoms with Crippen LogP contribution in [0.4, 0.5) is 18.0 Å². The van der Waals surface area contributed by atoms with Crippen LogP contribution in [0.5, 0.6) is 0 Å². The molecule has 0 saturated carbocycles. The number of thiophene rings is 1. The average Bonchev–Trinajstić information content (AvgIpc) is 3.18. The zero-order valence-corrected chi connectivity index (χ0v) is 15.7. The first-order chi connectivity index (χ1) is 13.3. The molecule has 0 spiro atoms. The van der Waals surface area contributed by atoms with Crippen LogP contribution in [0.3, 0.4) is 0 Å². The van der Waals surface area contributed by atoms with E-state index in [9.17, 15) is 22.8 Å². The van der Waals surface area contributed by atoms with Crippen LogP contribution < -0.4 is 10.6 Å². The lowest BCUT2D eigenvalue weighted by atomic mass is 10.2. The van der Waals surface area contributed by atoms with Crippen LogP contribution >= 0.6 is 23.1 Å². The van der Waals surface area contributed by atoms with Crippen LogP contribution in [-0.4, -0.2) is 40.4 Å². The van der Waals surface area contributed by atoms with Crippen molar-refractivity contribution in [1.82, 2.24) is 20.6 Å². The number of para-hydroxylation sites is 1. The third kappa shape index (κ3) is 5.42. The second-order valence-corrected chi connectivity index (χ2v) is 7.39. The first kappa shape index (κ1) is 20.1. The largest absolute Gasteiger partial charge is 0.405 e. The van der Waals surface area contributed by atoms with Crippen molar-refractivity contribution in [2.24, 2.45) is 0 Å². The van der Waals surface area contributed by atoms with Crippen molar-refractivity contribution in [3.8, 4) is 10.7 Å². The molecular weight excluding hydrogens is 413 g/mol. The maximum atomic E-state index is 12.1. The summed E-state index contributed by atoms with van der Waals surface area (Å²) in [5.41, 5.74) is 0.701. The third-order valence-corrected chi connectivity index (χ3v) is 5.21. The topological polar surface area (TPSA) is 84.0 Å². The van der Waals surface area contributed by atoms with E-state index in [1.807, 2.05) is 47.1 Å². The maximum Gasteiger partial charge on any atom is 0.405 e. The molecule has 146 valence electrons. The summed E-state index contributed by atoms with van der Waals surface area (Å²) >= 11 is 2.55. The lowest BCUT2D eigenvalue weighted by Crippen LogP contribution is -2.43. The number of nitrogens with one attached hydrogen (secondary N) is 2. The number of alkyl halides is 3. The van der Waals surface area contributed by atoms with E-state index in [2.05, 4.69) is 9.97 Å². The van der Waals surface area contributed by atoms with Gasteiger partial charge in [0.2, 0.25) is 5.91 Å². The van der Waals surface area contributed by atoms with E-state index in [4.69, 9.17) is 0 Å². The Bertz CT molecular complexity index is 994. The van der Waals surface area contributed by atoms with Gasteiger partial charge < -0.3 is 5.32 Å². The molecule has 0 aliphatic heterocycles. The number of carbonyl (C=O) groups is 2. The molecule has 0 unspecified atom stereocenters. The summed E-state index contributed by atoms with van der Waals surface area (Å²) in [4.78, 5) is 33.1. The Hall–Kier alpha value is -2.66. The summed E-state index contributed by atoms with van der Waals surface area (Å²) in [5, 5.41) is 6.62. The summed E-state index contributed by atoms with van der Waals surface area (Å²) in [6.45, 7) is -1.51. The number of amides is 3. The molecule has 0 fully saturated rings. The number of halogens is 3. The second kappa shape index (κ2) is 8.57. The summed E-state index contributed by atoms with van der Waals surface area (Å²) in [5.74, 6) is -0.408. The highest BCUT2D eigenvalue weighted by Gasteiger charge is 2.28. The predicted octanol–water partition coefficient (Wildman–Crippen LogP) is 3.84. The fraction of sp³-hybridized carbons (Fsp3) is 0.176. The molecule has 0 aliphatic rings. The van der Waals surface area contributed by atoms with Gasteiger partial charge in [0, 0.05) is 5.39 Å². The van der Waals surface area contributed by atoms with Gasteiger partial charge in [0.15, 0.2) is 5.82 Å². The van der Waals surface area contributed by atoms with Gasteiger partial charge in [0.1, 0.15) is 11.6 Å². The molecule has 6 nitrogen and oxygen atoms in total. The van der Waals surface area contributed by atoms with E-state index >= 15 is 0 Å². The Balaban J connectivity index is 1.70. The number of imide groups is 1. The minimum atomic E-state index is -4.55. The van der Waals surface area contributed by atoms with E-state index in [0.717, 1.165) is 22.0 Å². The zero-order chi connectivity index (χ0) is 20.1. The molecule has 28 heavy (non-hydrogen) atoms. The number of carbonyl (C=O) groups excluding carboxylic acids is 2. The Morgan fingerprint density at radius 2 is 1.89 bits per heavy atom. The molecule has 0 atom stereocenters. The minimum absolute atomic E-state index is 0.190. The van der Waals surface area contributed by atoms with E-state index in [1.165, 1.54) is 11.3 Å². The molecule has 3 rings (SSSR count). The highest BCUT2D eigenvalue weighted by atomic mass is 32.2. The average molecular weight is 426 g/mol.